The zero-order chi connectivity index (χ0) is 12.3. The van der Waals surface area contributed by atoms with Gasteiger partial charge in [0, 0.05) is 0 Å². The third-order valence-corrected chi connectivity index (χ3v) is 2.07. The predicted molar refractivity (Wildman–Crippen MR) is 65.2 cm³/mol. The first-order valence-electron chi connectivity index (χ1n) is 4.02. The van der Waals surface area contributed by atoms with Crippen LogP contribution in [0.2, 0.25) is 10.0 Å². The van der Waals surface area contributed by atoms with E-state index in [2.05, 4.69) is 9.98 Å². The zero-order valence-electron chi connectivity index (χ0n) is 7.98. The van der Waals surface area contributed by atoms with Crippen LogP contribution in [-0.4, -0.2) is 17.0 Å². The van der Waals surface area contributed by atoms with Crippen LogP contribution in [0.15, 0.2) is 22.1 Å². The number of aromatic hydroxyl groups is 1. The molecule has 0 spiro atoms. The van der Waals surface area contributed by atoms with Gasteiger partial charge in [-0.25, -0.2) is 4.99 Å². The van der Waals surface area contributed by atoms with E-state index in [0.717, 1.165) is 0 Å². The number of guanidine groups is 2. The van der Waals surface area contributed by atoms with Crippen LogP contribution in [0.4, 0.5) is 5.69 Å². The van der Waals surface area contributed by atoms with Crippen LogP contribution in [-0.2, 0) is 0 Å². The average molecular weight is 262 g/mol. The van der Waals surface area contributed by atoms with E-state index >= 15 is 0 Å². The lowest BCUT2D eigenvalue weighted by Gasteiger charge is -2.01. The lowest BCUT2D eigenvalue weighted by atomic mass is 10.3. The molecule has 0 aromatic heterocycles. The number of hydrogen-bond acceptors (Lipinski definition) is 2. The molecule has 1 rings (SSSR count). The Morgan fingerprint density at radius 2 is 1.62 bits per heavy atom. The number of phenols is 1. The van der Waals surface area contributed by atoms with Gasteiger partial charge in [0.25, 0.3) is 0 Å². The van der Waals surface area contributed by atoms with Crippen molar-refractivity contribution in [3.63, 3.8) is 0 Å². The number of benzene rings is 1. The second-order valence-corrected chi connectivity index (χ2v) is 3.58. The highest BCUT2D eigenvalue weighted by molar-refractivity contribution is 6.37. The first kappa shape index (κ1) is 12.4. The molecule has 1 aromatic rings. The van der Waals surface area contributed by atoms with Crippen molar-refractivity contribution < 1.29 is 5.11 Å². The van der Waals surface area contributed by atoms with Gasteiger partial charge in [-0.3, -0.25) is 0 Å². The highest BCUT2D eigenvalue weighted by Crippen LogP contribution is 2.35. The number of nitrogens with two attached hydrogens (primary N) is 3. The first-order chi connectivity index (χ1) is 7.40. The van der Waals surface area contributed by atoms with Crippen molar-refractivity contribution in [1.29, 1.82) is 0 Å². The number of phenolic OH excluding ortho intramolecular Hbond substituents is 1. The quantitative estimate of drug-likeness (QED) is 0.443. The van der Waals surface area contributed by atoms with Crippen molar-refractivity contribution in [2.45, 2.75) is 0 Å². The summed E-state index contributed by atoms with van der Waals surface area (Å²) in [6.07, 6.45) is 0. The molecule has 7 N–H and O–H groups in total. The summed E-state index contributed by atoms with van der Waals surface area (Å²) in [7, 11) is 0. The second kappa shape index (κ2) is 4.91. The molecule has 0 aliphatic rings. The van der Waals surface area contributed by atoms with Crippen LogP contribution >= 0.6 is 23.2 Å². The standard InChI is InChI=1S/C8H9Cl2N5O/c9-4-1-3(2-5(10)6(4)16)14-8(13)15-7(11)12/h1-2,16H,(H6,11,12,13,14,15). The summed E-state index contributed by atoms with van der Waals surface area (Å²) in [5.74, 6) is -0.572. The van der Waals surface area contributed by atoms with E-state index in [9.17, 15) is 5.11 Å². The van der Waals surface area contributed by atoms with E-state index < -0.39 is 0 Å². The van der Waals surface area contributed by atoms with Crippen molar-refractivity contribution in [3.05, 3.63) is 22.2 Å². The Hall–Kier alpha value is -1.66. The maximum Gasteiger partial charge on any atom is 0.223 e. The molecule has 86 valence electrons. The number of nitrogens with zero attached hydrogens (tertiary/aromatic N) is 2. The molecule has 0 saturated heterocycles. The fourth-order valence-corrected chi connectivity index (χ4v) is 1.38. The summed E-state index contributed by atoms with van der Waals surface area (Å²) in [6, 6.07) is 2.75. The summed E-state index contributed by atoms with van der Waals surface area (Å²) in [5, 5.41) is 9.42. The van der Waals surface area contributed by atoms with Crippen molar-refractivity contribution in [3.8, 4) is 5.75 Å². The Morgan fingerprint density at radius 1 is 1.12 bits per heavy atom. The summed E-state index contributed by atoms with van der Waals surface area (Å²) >= 11 is 11.4. The lowest BCUT2D eigenvalue weighted by molar-refractivity contribution is 0.476. The smallest absolute Gasteiger partial charge is 0.223 e. The minimum absolute atomic E-state index is 0.0590. The van der Waals surface area contributed by atoms with E-state index in [-0.39, 0.29) is 27.7 Å². The molecular formula is C8H9Cl2N5O. The third kappa shape index (κ3) is 3.18. The number of halogens is 2. The SMILES string of the molecule is NC(N)=NC(N)=Nc1cc(Cl)c(O)c(Cl)c1. The maximum absolute atomic E-state index is 9.30. The van der Waals surface area contributed by atoms with Crippen molar-refractivity contribution in [2.24, 2.45) is 27.2 Å². The van der Waals surface area contributed by atoms with Gasteiger partial charge < -0.3 is 22.3 Å². The van der Waals surface area contributed by atoms with Crippen LogP contribution in [0.5, 0.6) is 5.75 Å². The number of rotatable bonds is 1. The molecule has 0 aliphatic carbocycles. The van der Waals surface area contributed by atoms with E-state index in [1.807, 2.05) is 0 Å². The van der Waals surface area contributed by atoms with Crippen molar-refractivity contribution in [2.75, 3.05) is 0 Å². The Labute approximate surface area is 101 Å². The minimum atomic E-state index is -0.220. The van der Waals surface area contributed by atoms with Gasteiger partial charge in [0.05, 0.1) is 15.7 Å². The van der Waals surface area contributed by atoms with E-state index in [1.54, 1.807) is 0 Å². The molecule has 1 aromatic carbocycles. The van der Waals surface area contributed by atoms with Gasteiger partial charge >= 0.3 is 0 Å². The van der Waals surface area contributed by atoms with E-state index in [1.165, 1.54) is 12.1 Å². The summed E-state index contributed by atoms with van der Waals surface area (Å²) < 4.78 is 0. The molecule has 16 heavy (non-hydrogen) atoms. The average Bonchev–Trinajstić information content (AvgIpc) is 2.12. The van der Waals surface area contributed by atoms with E-state index in [4.69, 9.17) is 40.4 Å². The van der Waals surface area contributed by atoms with Gasteiger partial charge in [-0.2, -0.15) is 4.99 Å². The Bertz CT molecular complexity index is 444. The second-order valence-electron chi connectivity index (χ2n) is 2.76. The summed E-state index contributed by atoms with van der Waals surface area (Å²) in [4.78, 5) is 7.33. The summed E-state index contributed by atoms with van der Waals surface area (Å²) in [6.45, 7) is 0. The Kier molecular flexibility index (Phi) is 3.81. The summed E-state index contributed by atoms with van der Waals surface area (Å²) in [5.41, 5.74) is 15.9. The topological polar surface area (TPSA) is 123 Å². The molecule has 0 bridgehead atoms. The normalized spacial score (nSPS) is 11.2. The van der Waals surface area contributed by atoms with Crippen LogP contribution < -0.4 is 17.2 Å². The Morgan fingerprint density at radius 3 is 2.06 bits per heavy atom. The molecule has 8 heteroatoms. The fraction of sp³-hybridized carbons (Fsp3) is 0. The van der Waals surface area contributed by atoms with Crippen LogP contribution in [0.1, 0.15) is 0 Å². The first-order valence-corrected chi connectivity index (χ1v) is 4.77. The third-order valence-electron chi connectivity index (χ3n) is 1.49. The molecule has 0 amide bonds. The van der Waals surface area contributed by atoms with E-state index in [0.29, 0.717) is 5.69 Å². The highest BCUT2D eigenvalue weighted by Gasteiger charge is 2.06. The maximum atomic E-state index is 9.30. The van der Waals surface area contributed by atoms with Crippen LogP contribution in [0.25, 0.3) is 0 Å². The van der Waals surface area contributed by atoms with Gasteiger partial charge in [-0.1, -0.05) is 23.2 Å². The van der Waals surface area contributed by atoms with Gasteiger partial charge in [0.2, 0.25) is 5.96 Å². The predicted octanol–water partition coefficient (Wildman–Crippen LogP) is 0.919. The van der Waals surface area contributed by atoms with Gasteiger partial charge in [-0.05, 0) is 12.1 Å². The molecule has 0 heterocycles. The Balaban J connectivity index is 3.12. The van der Waals surface area contributed by atoms with Crippen LogP contribution in [0, 0.1) is 0 Å². The molecule has 0 atom stereocenters. The highest BCUT2D eigenvalue weighted by atomic mass is 35.5. The minimum Gasteiger partial charge on any atom is -0.505 e. The largest absolute Gasteiger partial charge is 0.505 e. The molecule has 6 nitrogen and oxygen atoms in total. The molecule has 0 fully saturated rings. The molecule has 0 unspecified atom stereocenters. The molecule has 0 saturated carbocycles. The number of aliphatic imine (C=N–C) groups is 2. The molecule has 0 aliphatic heterocycles. The van der Waals surface area contributed by atoms with Gasteiger partial charge in [0.1, 0.15) is 0 Å². The monoisotopic (exact) mass is 261 g/mol. The molecular weight excluding hydrogens is 253 g/mol. The fourth-order valence-electron chi connectivity index (χ4n) is 0.906. The van der Waals surface area contributed by atoms with Gasteiger partial charge in [0.15, 0.2) is 11.7 Å². The van der Waals surface area contributed by atoms with Crippen LogP contribution in [0.3, 0.4) is 0 Å². The number of hydrogen-bond donors (Lipinski definition) is 4. The van der Waals surface area contributed by atoms with Crippen molar-refractivity contribution in [1.82, 2.24) is 0 Å². The lowest BCUT2D eigenvalue weighted by Crippen LogP contribution is -2.26. The van der Waals surface area contributed by atoms with Crippen molar-refractivity contribution >= 4 is 40.8 Å². The zero-order valence-corrected chi connectivity index (χ0v) is 9.50. The molecule has 0 radical (unpaired) electrons. The van der Waals surface area contributed by atoms with Gasteiger partial charge in [-0.15, -0.1) is 0 Å².